The van der Waals surface area contributed by atoms with Crippen molar-refractivity contribution in [3.05, 3.63) is 64.7 Å². The molecule has 0 saturated carbocycles. The van der Waals surface area contributed by atoms with E-state index in [2.05, 4.69) is 70.2 Å². The minimum Gasteiger partial charge on any atom is -0.496 e. The molecule has 0 aliphatic carbocycles. The van der Waals surface area contributed by atoms with Crippen molar-refractivity contribution in [2.24, 2.45) is 0 Å². The summed E-state index contributed by atoms with van der Waals surface area (Å²) in [6.45, 7) is 8.78. The highest BCUT2D eigenvalue weighted by molar-refractivity contribution is 6.01. The van der Waals surface area contributed by atoms with Crippen molar-refractivity contribution >= 4 is 10.8 Å². The van der Waals surface area contributed by atoms with Gasteiger partial charge in [-0.1, -0.05) is 36.4 Å². The van der Waals surface area contributed by atoms with E-state index in [9.17, 15) is 0 Å². The van der Waals surface area contributed by atoms with Gasteiger partial charge in [0.2, 0.25) is 0 Å². The third kappa shape index (κ3) is 2.18. The molecule has 0 heterocycles. The minimum absolute atomic E-state index is 0.940. The Labute approximate surface area is 132 Å². The molecular weight excluding hydrogens is 268 g/mol. The van der Waals surface area contributed by atoms with Gasteiger partial charge in [0.25, 0.3) is 0 Å². The van der Waals surface area contributed by atoms with E-state index in [1.165, 1.54) is 44.2 Å². The maximum atomic E-state index is 5.70. The van der Waals surface area contributed by atoms with Gasteiger partial charge in [0.1, 0.15) is 5.75 Å². The zero-order valence-electron chi connectivity index (χ0n) is 13.9. The second-order valence-electron chi connectivity index (χ2n) is 6.00. The van der Waals surface area contributed by atoms with Crippen molar-refractivity contribution in [1.29, 1.82) is 0 Å². The summed E-state index contributed by atoms with van der Waals surface area (Å²) in [7, 11) is 1.75. The molecule has 0 fully saturated rings. The van der Waals surface area contributed by atoms with Crippen LogP contribution in [0.15, 0.2) is 42.5 Å². The van der Waals surface area contributed by atoms with Gasteiger partial charge in [0, 0.05) is 5.56 Å². The standard InChI is InChI=1S/C21H22O/c1-13-12-14(2)16(4)20(15(13)3)21-18-9-7-6-8-17(18)10-11-19(21)22-5/h6-12H,1-5H3. The molecule has 3 rings (SSSR count). The van der Waals surface area contributed by atoms with Crippen LogP contribution in [0, 0.1) is 27.7 Å². The summed E-state index contributed by atoms with van der Waals surface area (Å²) in [4.78, 5) is 0. The molecule has 1 nitrogen and oxygen atoms in total. The summed E-state index contributed by atoms with van der Waals surface area (Å²) in [6, 6.07) is 15.0. The lowest BCUT2D eigenvalue weighted by atomic mass is 9.87. The van der Waals surface area contributed by atoms with E-state index < -0.39 is 0 Å². The number of aryl methyl sites for hydroxylation is 2. The second kappa shape index (κ2) is 5.49. The molecule has 0 amide bonds. The number of benzene rings is 3. The fourth-order valence-electron chi connectivity index (χ4n) is 3.27. The van der Waals surface area contributed by atoms with E-state index >= 15 is 0 Å². The molecule has 0 bridgehead atoms. The van der Waals surface area contributed by atoms with Gasteiger partial charge in [0.15, 0.2) is 0 Å². The first kappa shape index (κ1) is 14.6. The third-order valence-corrected chi connectivity index (χ3v) is 4.73. The molecule has 0 N–H and O–H groups in total. The number of rotatable bonds is 2. The van der Waals surface area contributed by atoms with Crippen LogP contribution in [-0.4, -0.2) is 7.11 Å². The molecule has 0 saturated heterocycles. The molecular formula is C21H22O. The lowest BCUT2D eigenvalue weighted by Crippen LogP contribution is -1.98. The molecule has 0 aliphatic heterocycles. The Hall–Kier alpha value is -2.28. The number of ether oxygens (including phenoxy) is 1. The minimum atomic E-state index is 0.940. The lowest BCUT2D eigenvalue weighted by molar-refractivity contribution is 0.417. The summed E-state index contributed by atoms with van der Waals surface area (Å²) in [5, 5.41) is 2.49. The first-order chi connectivity index (χ1) is 10.5. The SMILES string of the molecule is COc1ccc2ccccc2c1-c1c(C)c(C)cc(C)c1C. The topological polar surface area (TPSA) is 9.23 Å². The Morgan fingerprint density at radius 2 is 1.36 bits per heavy atom. The molecule has 0 unspecified atom stereocenters. The largest absolute Gasteiger partial charge is 0.496 e. The van der Waals surface area contributed by atoms with Gasteiger partial charge in [-0.15, -0.1) is 0 Å². The fourth-order valence-corrected chi connectivity index (χ4v) is 3.27. The molecule has 0 atom stereocenters. The average Bonchev–Trinajstić information content (AvgIpc) is 2.53. The van der Waals surface area contributed by atoms with Gasteiger partial charge in [-0.25, -0.2) is 0 Å². The predicted octanol–water partition coefficient (Wildman–Crippen LogP) is 5.75. The van der Waals surface area contributed by atoms with E-state index in [1.807, 2.05) is 0 Å². The molecule has 0 radical (unpaired) electrons. The van der Waals surface area contributed by atoms with Crippen molar-refractivity contribution in [1.82, 2.24) is 0 Å². The Morgan fingerprint density at radius 1 is 0.727 bits per heavy atom. The monoisotopic (exact) mass is 290 g/mol. The molecule has 3 aromatic rings. The van der Waals surface area contributed by atoms with Gasteiger partial charge in [0.05, 0.1) is 7.11 Å². The quantitative estimate of drug-likeness (QED) is 0.584. The van der Waals surface area contributed by atoms with Crippen molar-refractivity contribution in [2.75, 3.05) is 7.11 Å². The molecule has 0 aromatic heterocycles. The molecule has 112 valence electrons. The smallest absolute Gasteiger partial charge is 0.127 e. The first-order valence-electron chi connectivity index (χ1n) is 7.68. The number of fused-ring (bicyclic) bond motifs is 1. The van der Waals surface area contributed by atoms with E-state index in [1.54, 1.807) is 7.11 Å². The molecule has 22 heavy (non-hydrogen) atoms. The summed E-state index contributed by atoms with van der Waals surface area (Å²) < 4.78 is 5.70. The Morgan fingerprint density at radius 3 is 2.00 bits per heavy atom. The van der Waals surface area contributed by atoms with Gasteiger partial charge in [-0.3, -0.25) is 0 Å². The third-order valence-electron chi connectivity index (χ3n) is 4.73. The van der Waals surface area contributed by atoms with Gasteiger partial charge >= 0.3 is 0 Å². The maximum Gasteiger partial charge on any atom is 0.127 e. The van der Waals surface area contributed by atoms with E-state index in [0.29, 0.717) is 0 Å². The van der Waals surface area contributed by atoms with Crippen LogP contribution < -0.4 is 4.74 Å². The Balaban J connectivity index is 2.50. The molecule has 0 aliphatic rings. The van der Waals surface area contributed by atoms with Crippen LogP contribution in [-0.2, 0) is 0 Å². The average molecular weight is 290 g/mol. The second-order valence-corrected chi connectivity index (χ2v) is 6.00. The highest BCUT2D eigenvalue weighted by atomic mass is 16.5. The number of hydrogen-bond acceptors (Lipinski definition) is 1. The van der Waals surface area contributed by atoms with Crippen LogP contribution in [0.2, 0.25) is 0 Å². The zero-order valence-corrected chi connectivity index (χ0v) is 13.9. The van der Waals surface area contributed by atoms with Crippen LogP contribution in [0.1, 0.15) is 22.3 Å². The highest BCUT2D eigenvalue weighted by Gasteiger charge is 2.17. The fraction of sp³-hybridized carbons (Fsp3) is 0.238. The number of hydrogen-bond donors (Lipinski definition) is 0. The van der Waals surface area contributed by atoms with Crippen LogP contribution in [0.5, 0.6) is 5.75 Å². The Bertz CT molecular complexity index is 833. The number of methoxy groups -OCH3 is 1. The van der Waals surface area contributed by atoms with Gasteiger partial charge in [-0.2, -0.15) is 0 Å². The summed E-state index contributed by atoms with van der Waals surface area (Å²) >= 11 is 0. The van der Waals surface area contributed by atoms with Crippen molar-refractivity contribution in [3.8, 4) is 16.9 Å². The van der Waals surface area contributed by atoms with Crippen LogP contribution in [0.4, 0.5) is 0 Å². The van der Waals surface area contributed by atoms with Crippen molar-refractivity contribution in [2.45, 2.75) is 27.7 Å². The Kier molecular flexibility index (Phi) is 3.66. The van der Waals surface area contributed by atoms with Crippen LogP contribution in [0.25, 0.3) is 21.9 Å². The first-order valence-corrected chi connectivity index (χ1v) is 7.68. The molecule has 3 aromatic carbocycles. The predicted molar refractivity (Wildman–Crippen MR) is 94.9 cm³/mol. The van der Waals surface area contributed by atoms with Gasteiger partial charge < -0.3 is 4.74 Å². The summed E-state index contributed by atoms with van der Waals surface area (Å²) in [5.41, 5.74) is 7.84. The summed E-state index contributed by atoms with van der Waals surface area (Å²) in [6.07, 6.45) is 0. The van der Waals surface area contributed by atoms with Crippen molar-refractivity contribution < 1.29 is 4.74 Å². The molecule has 0 spiro atoms. The van der Waals surface area contributed by atoms with Crippen molar-refractivity contribution in [3.63, 3.8) is 0 Å². The van der Waals surface area contributed by atoms with E-state index in [0.717, 1.165) is 5.75 Å². The highest BCUT2D eigenvalue weighted by Crippen LogP contribution is 2.41. The van der Waals surface area contributed by atoms with E-state index in [-0.39, 0.29) is 0 Å². The van der Waals surface area contributed by atoms with Crippen LogP contribution in [0.3, 0.4) is 0 Å². The van der Waals surface area contributed by atoms with E-state index in [4.69, 9.17) is 4.74 Å². The molecule has 1 heteroatoms. The van der Waals surface area contributed by atoms with Gasteiger partial charge in [-0.05, 0) is 72.4 Å². The zero-order chi connectivity index (χ0) is 15.9. The van der Waals surface area contributed by atoms with Crippen LogP contribution >= 0.6 is 0 Å². The maximum absolute atomic E-state index is 5.70. The summed E-state index contributed by atoms with van der Waals surface area (Å²) in [5.74, 6) is 0.940. The normalized spacial score (nSPS) is 11.0. The lowest BCUT2D eigenvalue weighted by Gasteiger charge is -2.19.